The molecule has 0 saturated carbocycles. The molecule has 0 aliphatic carbocycles. The van der Waals surface area contributed by atoms with E-state index in [1.165, 1.54) is 19.9 Å². The number of hydrogen-bond acceptors (Lipinski definition) is 0. The van der Waals surface area contributed by atoms with E-state index in [1.54, 1.807) is 0 Å². The maximum absolute atomic E-state index is 2.37. The van der Waals surface area contributed by atoms with Crippen LogP contribution in [0.1, 0.15) is 5.56 Å². The molecule has 2 rings (SSSR count). The lowest BCUT2D eigenvalue weighted by molar-refractivity contribution is 1.71. The van der Waals surface area contributed by atoms with Crippen molar-refractivity contribution in [3.8, 4) is 0 Å². The van der Waals surface area contributed by atoms with Crippen molar-refractivity contribution >= 4 is 59.5 Å². The molecule has 0 unspecified atom stereocenters. The van der Waals surface area contributed by atoms with Gasteiger partial charge in [-0.3, -0.25) is 0 Å². The monoisotopic (exact) mass is 406 g/mol. The highest BCUT2D eigenvalue weighted by atomic mass is 127. The third-order valence-corrected chi connectivity index (χ3v) is 4.85. The Morgan fingerprint density at radius 3 is 2.50 bits per heavy atom. The predicted octanol–water partition coefficient (Wildman–Crippen LogP) is 5.01. The molecule has 0 atom stereocenters. The van der Waals surface area contributed by atoms with Gasteiger partial charge in [0.25, 0.3) is 0 Å². The van der Waals surface area contributed by atoms with Gasteiger partial charge in [-0.15, -0.1) is 0 Å². The summed E-state index contributed by atoms with van der Waals surface area (Å²) < 4.78 is 3.40. The van der Waals surface area contributed by atoms with Gasteiger partial charge in [0.15, 0.2) is 0 Å². The first-order chi connectivity index (χ1) is 6.83. The van der Waals surface area contributed by atoms with Crippen molar-refractivity contribution in [3.63, 3.8) is 0 Å². The van der Waals surface area contributed by atoms with Gasteiger partial charge in [0.05, 0.1) is 0 Å². The summed E-state index contributed by atoms with van der Waals surface area (Å²) in [6, 6.07) is 14.9. The summed E-state index contributed by atoms with van der Waals surface area (Å²) in [5.41, 5.74) is 1.32. The smallest absolute Gasteiger partial charge is 0.0269 e. The zero-order chi connectivity index (χ0) is 9.97. The highest BCUT2D eigenvalue weighted by molar-refractivity contribution is 14.1. The van der Waals surface area contributed by atoms with E-state index in [-0.39, 0.29) is 0 Å². The Bertz CT molecular complexity index is 481. The standard InChI is InChI=1S/C12H8I2/c13-8-12(14)11-7-3-5-9-4-1-2-6-10(9)11/h1-8H/b12-8+. The van der Waals surface area contributed by atoms with Crippen molar-refractivity contribution in [1.29, 1.82) is 0 Å². The summed E-state index contributed by atoms with van der Waals surface area (Å²) in [7, 11) is 0. The minimum absolute atomic E-state index is 1.29. The second kappa shape index (κ2) is 4.61. The average molecular weight is 406 g/mol. The number of benzene rings is 2. The van der Waals surface area contributed by atoms with Crippen molar-refractivity contribution in [3.05, 3.63) is 52.1 Å². The Morgan fingerprint density at radius 1 is 1.00 bits per heavy atom. The number of fused-ring (bicyclic) bond motifs is 1. The maximum Gasteiger partial charge on any atom is 0.0269 e. The maximum atomic E-state index is 2.37. The van der Waals surface area contributed by atoms with Crippen LogP contribution in [0.3, 0.4) is 0 Å². The fraction of sp³-hybridized carbons (Fsp3) is 0. The molecule has 0 radical (unpaired) electrons. The Kier molecular flexibility index (Phi) is 3.43. The Hall–Kier alpha value is -0.100. The first-order valence-electron chi connectivity index (χ1n) is 4.27. The van der Waals surface area contributed by atoms with Gasteiger partial charge in [-0.2, -0.15) is 0 Å². The molecule has 2 aromatic rings. The zero-order valence-corrected chi connectivity index (χ0v) is 11.7. The third-order valence-electron chi connectivity index (χ3n) is 2.14. The molecule has 0 aliphatic rings. The SMILES string of the molecule is I/C=C(/I)c1cccc2ccccc12. The predicted molar refractivity (Wildman–Crippen MR) is 80.0 cm³/mol. The van der Waals surface area contributed by atoms with Gasteiger partial charge in [0.1, 0.15) is 0 Å². The van der Waals surface area contributed by atoms with Crippen LogP contribution in [0.4, 0.5) is 0 Å². The molecular weight excluding hydrogens is 398 g/mol. The summed E-state index contributed by atoms with van der Waals surface area (Å²) in [5, 5.41) is 2.63. The number of halogens is 2. The van der Waals surface area contributed by atoms with Crippen LogP contribution >= 0.6 is 45.2 Å². The van der Waals surface area contributed by atoms with Crippen LogP contribution in [0.2, 0.25) is 0 Å². The highest BCUT2D eigenvalue weighted by Crippen LogP contribution is 2.29. The Balaban J connectivity index is 2.77. The zero-order valence-electron chi connectivity index (χ0n) is 7.37. The van der Waals surface area contributed by atoms with Gasteiger partial charge in [-0.05, 0) is 43.0 Å². The first kappa shape index (κ1) is 10.4. The van der Waals surface area contributed by atoms with E-state index < -0.39 is 0 Å². The van der Waals surface area contributed by atoms with Crippen LogP contribution in [0, 0.1) is 0 Å². The lowest BCUT2D eigenvalue weighted by atomic mass is 10.1. The average Bonchev–Trinajstić information content (AvgIpc) is 2.27. The van der Waals surface area contributed by atoms with Gasteiger partial charge in [0, 0.05) is 3.58 Å². The van der Waals surface area contributed by atoms with E-state index >= 15 is 0 Å². The van der Waals surface area contributed by atoms with Crippen molar-refractivity contribution < 1.29 is 0 Å². The molecule has 0 amide bonds. The van der Waals surface area contributed by atoms with Crippen molar-refractivity contribution in [2.75, 3.05) is 0 Å². The largest absolute Gasteiger partial charge is 0.0616 e. The third kappa shape index (κ3) is 1.95. The normalized spacial score (nSPS) is 12.0. The van der Waals surface area contributed by atoms with Crippen LogP contribution < -0.4 is 0 Å². The minimum Gasteiger partial charge on any atom is -0.0616 e. The molecule has 0 aromatic heterocycles. The molecular formula is C12H8I2. The molecule has 0 aliphatic heterocycles. The van der Waals surface area contributed by atoms with Gasteiger partial charge >= 0.3 is 0 Å². The molecule has 0 nitrogen and oxygen atoms in total. The van der Waals surface area contributed by atoms with Crippen LogP contribution in [0.25, 0.3) is 14.4 Å². The molecule has 0 bridgehead atoms. The molecule has 14 heavy (non-hydrogen) atoms. The van der Waals surface area contributed by atoms with Crippen molar-refractivity contribution in [1.82, 2.24) is 0 Å². The van der Waals surface area contributed by atoms with Crippen LogP contribution in [0.5, 0.6) is 0 Å². The second-order valence-electron chi connectivity index (χ2n) is 2.98. The van der Waals surface area contributed by atoms with E-state index in [1.807, 2.05) is 0 Å². The molecule has 2 heteroatoms. The van der Waals surface area contributed by atoms with E-state index in [2.05, 4.69) is 91.7 Å². The molecule has 0 saturated heterocycles. The highest BCUT2D eigenvalue weighted by Gasteiger charge is 2.01. The van der Waals surface area contributed by atoms with Crippen LogP contribution in [-0.2, 0) is 0 Å². The summed E-state index contributed by atoms with van der Waals surface area (Å²) >= 11 is 4.65. The fourth-order valence-corrected chi connectivity index (χ4v) is 2.30. The van der Waals surface area contributed by atoms with E-state index in [0.29, 0.717) is 0 Å². The molecule has 0 N–H and O–H groups in total. The molecule has 0 spiro atoms. The summed E-state index contributed by atoms with van der Waals surface area (Å²) in [6.45, 7) is 0. The van der Waals surface area contributed by atoms with Crippen LogP contribution in [0.15, 0.2) is 46.5 Å². The lowest BCUT2D eigenvalue weighted by Gasteiger charge is -2.04. The van der Waals surface area contributed by atoms with Gasteiger partial charge < -0.3 is 0 Å². The molecule has 70 valence electrons. The molecule has 2 aromatic carbocycles. The second-order valence-corrected chi connectivity index (χ2v) is 4.77. The summed E-state index contributed by atoms with van der Waals surface area (Å²) in [5.74, 6) is 0. The summed E-state index contributed by atoms with van der Waals surface area (Å²) in [4.78, 5) is 0. The fourth-order valence-electron chi connectivity index (χ4n) is 1.49. The number of hydrogen-bond donors (Lipinski definition) is 0. The molecule has 0 heterocycles. The topological polar surface area (TPSA) is 0 Å². The number of rotatable bonds is 1. The van der Waals surface area contributed by atoms with Crippen LogP contribution in [-0.4, -0.2) is 0 Å². The molecule has 0 fully saturated rings. The Morgan fingerprint density at radius 2 is 1.71 bits per heavy atom. The van der Waals surface area contributed by atoms with Gasteiger partial charge in [-0.1, -0.05) is 65.1 Å². The first-order valence-corrected chi connectivity index (χ1v) is 6.59. The van der Waals surface area contributed by atoms with E-state index in [9.17, 15) is 0 Å². The Labute approximate surface area is 111 Å². The minimum atomic E-state index is 1.29. The van der Waals surface area contributed by atoms with E-state index in [0.717, 1.165) is 0 Å². The summed E-state index contributed by atoms with van der Waals surface area (Å²) in [6.07, 6.45) is 0. The van der Waals surface area contributed by atoms with Crippen molar-refractivity contribution in [2.24, 2.45) is 0 Å². The van der Waals surface area contributed by atoms with Gasteiger partial charge in [0.2, 0.25) is 0 Å². The van der Waals surface area contributed by atoms with E-state index in [4.69, 9.17) is 0 Å². The van der Waals surface area contributed by atoms with Crippen molar-refractivity contribution in [2.45, 2.75) is 0 Å². The quantitative estimate of drug-likeness (QED) is 0.585. The lowest BCUT2D eigenvalue weighted by Crippen LogP contribution is -1.79. The van der Waals surface area contributed by atoms with Gasteiger partial charge in [-0.25, -0.2) is 0 Å².